The molecule has 0 aliphatic rings. The van der Waals surface area contributed by atoms with Crippen LogP contribution in [0.3, 0.4) is 0 Å². The van der Waals surface area contributed by atoms with Crippen LogP contribution in [0.25, 0.3) is 0 Å². The minimum absolute atomic E-state index is 0.386. The van der Waals surface area contributed by atoms with Crippen molar-refractivity contribution >= 4 is 34.8 Å². The van der Waals surface area contributed by atoms with Crippen molar-refractivity contribution < 1.29 is 4.74 Å². The van der Waals surface area contributed by atoms with Crippen molar-refractivity contribution in [1.29, 1.82) is 0 Å². The van der Waals surface area contributed by atoms with E-state index in [-0.39, 0.29) is 0 Å². The fourth-order valence-corrected chi connectivity index (χ4v) is 2.54. The molecular formula is C16H16Cl3NO. The molecule has 0 fully saturated rings. The molecule has 0 unspecified atom stereocenters. The normalized spacial score (nSPS) is 10.7. The number of hydrogen-bond acceptors (Lipinski definition) is 2. The van der Waals surface area contributed by atoms with Crippen molar-refractivity contribution in [2.75, 3.05) is 6.54 Å². The summed E-state index contributed by atoms with van der Waals surface area (Å²) in [5.74, 6) is 0.798. The first-order valence-corrected chi connectivity index (χ1v) is 7.79. The van der Waals surface area contributed by atoms with E-state index in [0.717, 1.165) is 23.4 Å². The van der Waals surface area contributed by atoms with Crippen LogP contribution in [0, 0.1) is 0 Å². The highest BCUT2D eigenvalue weighted by Gasteiger charge is 2.07. The van der Waals surface area contributed by atoms with E-state index in [9.17, 15) is 0 Å². The van der Waals surface area contributed by atoms with E-state index in [1.807, 2.05) is 24.3 Å². The van der Waals surface area contributed by atoms with Crippen molar-refractivity contribution in [1.82, 2.24) is 5.32 Å². The van der Waals surface area contributed by atoms with Gasteiger partial charge >= 0.3 is 0 Å². The third-order valence-electron chi connectivity index (χ3n) is 2.99. The molecule has 2 aromatic carbocycles. The maximum atomic E-state index is 6.15. The van der Waals surface area contributed by atoms with E-state index in [1.54, 1.807) is 12.1 Å². The maximum Gasteiger partial charge on any atom is 0.124 e. The standard InChI is InChI=1S/C16H16Cl3NO/c1-2-20-9-12-7-13(17)5-6-16(12)21-10-11-3-4-14(18)8-15(11)19/h3-8,20H,2,9-10H2,1H3. The smallest absolute Gasteiger partial charge is 0.124 e. The number of hydrogen-bond donors (Lipinski definition) is 1. The fourth-order valence-electron chi connectivity index (χ4n) is 1.88. The molecule has 0 aliphatic heterocycles. The number of halogens is 3. The van der Waals surface area contributed by atoms with Gasteiger partial charge in [0.05, 0.1) is 0 Å². The third-order valence-corrected chi connectivity index (χ3v) is 3.81. The molecule has 1 N–H and O–H groups in total. The van der Waals surface area contributed by atoms with Gasteiger partial charge < -0.3 is 10.1 Å². The summed E-state index contributed by atoms with van der Waals surface area (Å²) in [5.41, 5.74) is 1.92. The Morgan fingerprint density at radius 1 is 0.952 bits per heavy atom. The fraction of sp³-hybridized carbons (Fsp3) is 0.250. The van der Waals surface area contributed by atoms with Crippen LogP contribution in [0.2, 0.25) is 15.1 Å². The van der Waals surface area contributed by atoms with Crippen LogP contribution in [0.1, 0.15) is 18.1 Å². The topological polar surface area (TPSA) is 21.3 Å². The van der Waals surface area contributed by atoms with Crippen LogP contribution in [-0.4, -0.2) is 6.54 Å². The molecule has 0 aliphatic carbocycles. The largest absolute Gasteiger partial charge is 0.489 e. The zero-order valence-electron chi connectivity index (χ0n) is 11.6. The highest BCUT2D eigenvalue weighted by atomic mass is 35.5. The van der Waals surface area contributed by atoms with Crippen molar-refractivity contribution in [3.8, 4) is 5.75 Å². The predicted molar refractivity (Wildman–Crippen MR) is 89.6 cm³/mol. The highest BCUT2D eigenvalue weighted by molar-refractivity contribution is 6.35. The summed E-state index contributed by atoms with van der Waals surface area (Å²) >= 11 is 18.1. The van der Waals surface area contributed by atoms with Gasteiger partial charge in [0.2, 0.25) is 0 Å². The van der Waals surface area contributed by atoms with Gasteiger partial charge in [0.25, 0.3) is 0 Å². The molecule has 0 heterocycles. The van der Waals surface area contributed by atoms with Gasteiger partial charge in [0, 0.05) is 32.7 Å². The van der Waals surface area contributed by atoms with Crippen molar-refractivity contribution in [2.45, 2.75) is 20.1 Å². The average molecular weight is 345 g/mol. The number of rotatable bonds is 6. The lowest BCUT2D eigenvalue weighted by Crippen LogP contribution is -2.13. The Balaban J connectivity index is 2.11. The molecule has 2 aromatic rings. The molecule has 5 heteroatoms. The lowest BCUT2D eigenvalue weighted by molar-refractivity contribution is 0.302. The molecule has 0 atom stereocenters. The van der Waals surface area contributed by atoms with Crippen molar-refractivity contribution in [3.05, 3.63) is 62.6 Å². The van der Waals surface area contributed by atoms with Gasteiger partial charge in [-0.3, -0.25) is 0 Å². The van der Waals surface area contributed by atoms with Crippen LogP contribution < -0.4 is 10.1 Å². The molecule has 112 valence electrons. The molecule has 0 saturated carbocycles. The summed E-state index contributed by atoms with van der Waals surface area (Å²) in [4.78, 5) is 0. The second kappa shape index (κ2) is 7.90. The first kappa shape index (κ1) is 16.4. The predicted octanol–water partition coefficient (Wildman–Crippen LogP) is 5.34. The average Bonchev–Trinajstić information content (AvgIpc) is 2.45. The Bertz CT molecular complexity index is 616. The molecule has 2 nitrogen and oxygen atoms in total. The van der Waals surface area contributed by atoms with E-state index in [2.05, 4.69) is 12.2 Å². The second-order valence-corrected chi connectivity index (χ2v) is 5.84. The minimum atomic E-state index is 0.386. The molecule has 0 spiro atoms. The molecule has 21 heavy (non-hydrogen) atoms. The van der Waals surface area contributed by atoms with Crippen LogP contribution in [0.15, 0.2) is 36.4 Å². The zero-order valence-corrected chi connectivity index (χ0v) is 13.9. The van der Waals surface area contributed by atoms with Gasteiger partial charge in [-0.25, -0.2) is 0 Å². The molecule has 0 bridgehead atoms. The molecule has 0 radical (unpaired) electrons. The highest BCUT2D eigenvalue weighted by Crippen LogP contribution is 2.26. The second-order valence-electron chi connectivity index (χ2n) is 4.56. The monoisotopic (exact) mass is 343 g/mol. The number of benzene rings is 2. The number of ether oxygens (including phenoxy) is 1. The SMILES string of the molecule is CCNCc1cc(Cl)ccc1OCc1ccc(Cl)cc1Cl. The van der Waals surface area contributed by atoms with E-state index >= 15 is 0 Å². The van der Waals surface area contributed by atoms with Crippen molar-refractivity contribution in [2.24, 2.45) is 0 Å². The van der Waals surface area contributed by atoms with E-state index in [1.165, 1.54) is 0 Å². The van der Waals surface area contributed by atoms with E-state index in [0.29, 0.717) is 28.2 Å². The van der Waals surface area contributed by atoms with Gasteiger partial charge in [0.15, 0.2) is 0 Å². The van der Waals surface area contributed by atoms with Crippen LogP contribution in [0.5, 0.6) is 5.75 Å². The van der Waals surface area contributed by atoms with Crippen LogP contribution in [0.4, 0.5) is 0 Å². The third kappa shape index (κ3) is 4.79. The van der Waals surface area contributed by atoms with Gasteiger partial charge in [-0.15, -0.1) is 0 Å². The summed E-state index contributed by atoms with van der Waals surface area (Å²) in [6.07, 6.45) is 0. The Kier molecular flexibility index (Phi) is 6.19. The van der Waals surface area contributed by atoms with Gasteiger partial charge in [0.1, 0.15) is 12.4 Å². The first-order chi connectivity index (χ1) is 10.1. The van der Waals surface area contributed by atoms with Gasteiger partial charge in [-0.1, -0.05) is 47.8 Å². The summed E-state index contributed by atoms with van der Waals surface area (Å²) < 4.78 is 5.87. The molecule has 0 amide bonds. The number of nitrogens with one attached hydrogen (secondary N) is 1. The van der Waals surface area contributed by atoms with Crippen LogP contribution in [-0.2, 0) is 13.2 Å². The quantitative estimate of drug-likeness (QED) is 0.764. The van der Waals surface area contributed by atoms with Gasteiger partial charge in [-0.05, 0) is 36.9 Å². The van der Waals surface area contributed by atoms with E-state index < -0.39 is 0 Å². The lowest BCUT2D eigenvalue weighted by atomic mass is 10.2. The molecule has 0 saturated heterocycles. The first-order valence-electron chi connectivity index (χ1n) is 6.66. The summed E-state index contributed by atoms with van der Waals surface area (Å²) in [5, 5.41) is 5.18. The van der Waals surface area contributed by atoms with Gasteiger partial charge in [-0.2, -0.15) is 0 Å². The maximum absolute atomic E-state index is 6.15. The lowest BCUT2D eigenvalue weighted by Gasteiger charge is -2.13. The molecule has 2 rings (SSSR count). The Morgan fingerprint density at radius 3 is 2.38 bits per heavy atom. The zero-order chi connectivity index (χ0) is 15.2. The minimum Gasteiger partial charge on any atom is -0.489 e. The molecular weight excluding hydrogens is 329 g/mol. The Hall–Kier alpha value is -0.930. The Morgan fingerprint density at radius 2 is 1.67 bits per heavy atom. The van der Waals surface area contributed by atoms with Crippen LogP contribution >= 0.6 is 34.8 Å². The summed E-state index contributed by atoms with van der Waals surface area (Å²) in [7, 11) is 0. The Labute approximate surface area is 140 Å². The summed E-state index contributed by atoms with van der Waals surface area (Å²) in [6.45, 7) is 4.03. The van der Waals surface area contributed by atoms with Crippen molar-refractivity contribution in [3.63, 3.8) is 0 Å². The summed E-state index contributed by atoms with van der Waals surface area (Å²) in [6, 6.07) is 11.0. The van der Waals surface area contributed by atoms with E-state index in [4.69, 9.17) is 39.5 Å². The molecule has 0 aromatic heterocycles.